The number of aliphatic hydroxyl groups is 1. The van der Waals surface area contributed by atoms with Gasteiger partial charge in [-0.15, -0.1) is 0 Å². The molecular weight excluding hydrogens is 200 g/mol. The zero-order chi connectivity index (χ0) is 12.3. The Labute approximate surface area is 100 Å². The molecular formula is C13H28N2O. The Morgan fingerprint density at radius 1 is 1.25 bits per heavy atom. The molecule has 0 aromatic heterocycles. The van der Waals surface area contributed by atoms with Gasteiger partial charge in [0.15, 0.2) is 0 Å². The van der Waals surface area contributed by atoms with Gasteiger partial charge in [0, 0.05) is 31.7 Å². The molecule has 1 heterocycles. The molecule has 0 bridgehead atoms. The van der Waals surface area contributed by atoms with Crippen molar-refractivity contribution >= 4 is 0 Å². The maximum atomic E-state index is 10.1. The van der Waals surface area contributed by atoms with Crippen LogP contribution in [0.4, 0.5) is 0 Å². The van der Waals surface area contributed by atoms with Crippen LogP contribution in [0.25, 0.3) is 0 Å². The van der Waals surface area contributed by atoms with Crippen LogP contribution in [0.2, 0.25) is 0 Å². The normalized spacial score (nSPS) is 32.6. The molecule has 1 aliphatic rings. The SMILES string of the molecule is CCC(C)C(O)CN1CC(C)N(C)C(C)C1. The Morgan fingerprint density at radius 2 is 1.75 bits per heavy atom. The first-order chi connectivity index (χ1) is 7.45. The standard InChI is InChI=1S/C13H28N2O/c1-6-10(2)13(16)9-15-7-11(3)14(5)12(4)8-15/h10-13,16H,6-9H2,1-5H3. The van der Waals surface area contributed by atoms with Gasteiger partial charge in [-0.2, -0.15) is 0 Å². The van der Waals surface area contributed by atoms with Gasteiger partial charge in [-0.25, -0.2) is 0 Å². The summed E-state index contributed by atoms with van der Waals surface area (Å²) in [5.41, 5.74) is 0. The number of likely N-dealkylation sites (N-methyl/N-ethyl adjacent to an activating group) is 1. The van der Waals surface area contributed by atoms with E-state index in [4.69, 9.17) is 0 Å². The maximum absolute atomic E-state index is 10.1. The van der Waals surface area contributed by atoms with Gasteiger partial charge in [0.2, 0.25) is 0 Å². The van der Waals surface area contributed by atoms with Crippen LogP contribution in [0.5, 0.6) is 0 Å². The molecule has 16 heavy (non-hydrogen) atoms. The number of β-amino-alcohol motifs (C(OH)–C–C–N with tert-alkyl or cyclic N) is 1. The van der Waals surface area contributed by atoms with Gasteiger partial charge in [-0.1, -0.05) is 20.3 Å². The molecule has 4 atom stereocenters. The van der Waals surface area contributed by atoms with E-state index in [9.17, 15) is 5.11 Å². The molecule has 0 spiro atoms. The molecule has 0 aromatic rings. The van der Waals surface area contributed by atoms with Gasteiger partial charge in [-0.3, -0.25) is 9.80 Å². The third-order valence-electron chi connectivity index (χ3n) is 4.18. The van der Waals surface area contributed by atoms with Crippen molar-refractivity contribution in [2.75, 3.05) is 26.7 Å². The van der Waals surface area contributed by atoms with Gasteiger partial charge in [0.1, 0.15) is 0 Å². The van der Waals surface area contributed by atoms with E-state index in [1.807, 2.05) is 0 Å². The van der Waals surface area contributed by atoms with Crippen LogP contribution in [0.3, 0.4) is 0 Å². The Balaban J connectivity index is 2.44. The number of nitrogens with zero attached hydrogens (tertiary/aromatic N) is 2. The molecule has 3 heteroatoms. The highest BCUT2D eigenvalue weighted by Gasteiger charge is 2.28. The van der Waals surface area contributed by atoms with Crippen molar-refractivity contribution in [2.45, 2.75) is 52.3 Å². The van der Waals surface area contributed by atoms with Crippen LogP contribution in [0.15, 0.2) is 0 Å². The molecule has 0 amide bonds. The summed E-state index contributed by atoms with van der Waals surface area (Å²) in [4.78, 5) is 4.83. The number of piperazine rings is 1. The van der Waals surface area contributed by atoms with Crippen LogP contribution in [0, 0.1) is 5.92 Å². The van der Waals surface area contributed by atoms with Gasteiger partial charge >= 0.3 is 0 Å². The van der Waals surface area contributed by atoms with E-state index in [2.05, 4.69) is 44.5 Å². The Bertz CT molecular complexity index is 198. The molecule has 1 aliphatic heterocycles. The Morgan fingerprint density at radius 3 is 2.19 bits per heavy atom. The van der Waals surface area contributed by atoms with Crippen LogP contribution >= 0.6 is 0 Å². The lowest BCUT2D eigenvalue weighted by molar-refractivity contribution is 0.0126. The van der Waals surface area contributed by atoms with Crippen molar-refractivity contribution in [3.05, 3.63) is 0 Å². The fourth-order valence-corrected chi connectivity index (χ4v) is 2.38. The van der Waals surface area contributed by atoms with Crippen molar-refractivity contribution in [1.29, 1.82) is 0 Å². The van der Waals surface area contributed by atoms with Crippen LogP contribution < -0.4 is 0 Å². The summed E-state index contributed by atoms with van der Waals surface area (Å²) in [6.45, 7) is 11.8. The summed E-state index contributed by atoms with van der Waals surface area (Å²) in [6, 6.07) is 1.18. The molecule has 0 saturated carbocycles. The highest BCUT2D eigenvalue weighted by atomic mass is 16.3. The predicted molar refractivity (Wildman–Crippen MR) is 68.6 cm³/mol. The van der Waals surface area contributed by atoms with Crippen molar-refractivity contribution in [3.63, 3.8) is 0 Å². The predicted octanol–water partition coefficient (Wildman–Crippen LogP) is 1.42. The summed E-state index contributed by atoms with van der Waals surface area (Å²) in [5, 5.41) is 10.1. The average molecular weight is 228 g/mol. The molecule has 1 saturated heterocycles. The molecule has 96 valence electrons. The van der Waals surface area contributed by atoms with E-state index < -0.39 is 0 Å². The van der Waals surface area contributed by atoms with Gasteiger partial charge in [0.25, 0.3) is 0 Å². The smallest absolute Gasteiger partial charge is 0.0692 e. The maximum Gasteiger partial charge on any atom is 0.0692 e. The van der Waals surface area contributed by atoms with E-state index in [0.29, 0.717) is 18.0 Å². The molecule has 1 rings (SSSR count). The average Bonchev–Trinajstić information content (AvgIpc) is 2.24. The van der Waals surface area contributed by atoms with E-state index in [-0.39, 0.29) is 6.10 Å². The minimum atomic E-state index is -0.173. The molecule has 1 fully saturated rings. The van der Waals surface area contributed by atoms with Gasteiger partial charge in [0.05, 0.1) is 6.10 Å². The van der Waals surface area contributed by atoms with Gasteiger partial charge in [-0.05, 0) is 26.8 Å². The van der Waals surface area contributed by atoms with Crippen molar-refractivity contribution < 1.29 is 5.11 Å². The van der Waals surface area contributed by atoms with Crippen LogP contribution in [-0.4, -0.2) is 59.8 Å². The van der Waals surface area contributed by atoms with E-state index in [0.717, 1.165) is 26.1 Å². The molecule has 1 N–H and O–H groups in total. The second-order valence-electron chi connectivity index (χ2n) is 5.53. The molecule has 4 unspecified atom stereocenters. The first-order valence-corrected chi connectivity index (χ1v) is 6.58. The van der Waals surface area contributed by atoms with Crippen LogP contribution in [0.1, 0.15) is 34.1 Å². The summed E-state index contributed by atoms with van der Waals surface area (Å²) in [6.07, 6.45) is 0.882. The van der Waals surface area contributed by atoms with Crippen molar-refractivity contribution in [1.82, 2.24) is 9.80 Å². The van der Waals surface area contributed by atoms with Crippen molar-refractivity contribution in [3.8, 4) is 0 Å². The summed E-state index contributed by atoms with van der Waals surface area (Å²) < 4.78 is 0. The van der Waals surface area contributed by atoms with E-state index in [1.54, 1.807) is 0 Å². The Kier molecular flexibility index (Phi) is 5.22. The lowest BCUT2D eigenvalue weighted by Gasteiger charge is -2.43. The number of rotatable bonds is 4. The first kappa shape index (κ1) is 13.9. The fraction of sp³-hybridized carbons (Fsp3) is 1.00. The quantitative estimate of drug-likeness (QED) is 0.788. The third kappa shape index (κ3) is 3.44. The highest BCUT2D eigenvalue weighted by Crippen LogP contribution is 2.16. The summed E-state index contributed by atoms with van der Waals surface area (Å²) >= 11 is 0. The Hall–Kier alpha value is -0.120. The molecule has 0 radical (unpaired) electrons. The minimum absolute atomic E-state index is 0.173. The fourth-order valence-electron chi connectivity index (χ4n) is 2.38. The van der Waals surface area contributed by atoms with E-state index in [1.165, 1.54) is 0 Å². The molecule has 3 nitrogen and oxygen atoms in total. The van der Waals surface area contributed by atoms with Crippen LogP contribution in [-0.2, 0) is 0 Å². The van der Waals surface area contributed by atoms with Crippen molar-refractivity contribution in [2.24, 2.45) is 5.92 Å². The zero-order valence-electron chi connectivity index (χ0n) is 11.5. The zero-order valence-corrected chi connectivity index (χ0v) is 11.5. The highest BCUT2D eigenvalue weighted by molar-refractivity contribution is 4.84. The monoisotopic (exact) mass is 228 g/mol. The minimum Gasteiger partial charge on any atom is -0.392 e. The third-order valence-corrected chi connectivity index (χ3v) is 4.18. The summed E-state index contributed by atoms with van der Waals surface area (Å²) in [5.74, 6) is 0.408. The first-order valence-electron chi connectivity index (χ1n) is 6.58. The van der Waals surface area contributed by atoms with E-state index >= 15 is 0 Å². The number of hydrogen-bond donors (Lipinski definition) is 1. The second kappa shape index (κ2) is 5.99. The summed E-state index contributed by atoms with van der Waals surface area (Å²) in [7, 11) is 2.19. The topological polar surface area (TPSA) is 26.7 Å². The lowest BCUT2D eigenvalue weighted by atomic mass is 10.0. The molecule has 0 aliphatic carbocycles. The lowest BCUT2D eigenvalue weighted by Crippen LogP contribution is -2.56. The number of hydrogen-bond acceptors (Lipinski definition) is 3. The van der Waals surface area contributed by atoms with Gasteiger partial charge < -0.3 is 5.11 Å². The number of aliphatic hydroxyl groups excluding tert-OH is 1. The largest absolute Gasteiger partial charge is 0.392 e. The second-order valence-corrected chi connectivity index (χ2v) is 5.53. The molecule has 0 aromatic carbocycles.